The Hall–Kier alpha value is -2.29. The Balaban J connectivity index is 1.72. The van der Waals surface area contributed by atoms with Crippen LogP contribution in [0.3, 0.4) is 0 Å². The minimum atomic E-state index is -4.54. The van der Waals surface area contributed by atoms with Crippen LogP contribution in [0.25, 0.3) is 0 Å². The van der Waals surface area contributed by atoms with Crippen molar-refractivity contribution in [3.05, 3.63) is 23.8 Å². The Kier molecular flexibility index (Phi) is 8.26. The minimum Gasteiger partial charge on any atom is -0.381 e. The number of carbonyl (C=O) groups is 2. The summed E-state index contributed by atoms with van der Waals surface area (Å²) in [5.41, 5.74) is -0.514. The van der Waals surface area contributed by atoms with E-state index in [0.29, 0.717) is 51.9 Å². The third kappa shape index (κ3) is 6.19. The van der Waals surface area contributed by atoms with E-state index in [4.69, 9.17) is 4.74 Å². The van der Waals surface area contributed by atoms with Gasteiger partial charge >= 0.3 is 6.18 Å². The van der Waals surface area contributed by atoms with Gasteiger partial charge in [0.25, 0.3) is 0 Å². The first-order valence-corrected chi connectivity index (χ1v) is 11.7. The number of amides is 2. The van der Waals surface area contributed by atoms with Crippen LogP contribution in [0.1, 0.15) is 51.5 Å². The van der Waals surface area contributed by atoms with Crippen molar-refractivity contribution in [2.24, 2.45) is 11.8 Å². The first-order chi connectivity index (χ1) is 15.6. The number of likely N-dealkylation sites (tertiary alicyclic amines) is 1. The molecule has 2 fully saturated rings. The SMILES string of the molecule is CCC(C)C(=O)N1CCCC(C(=O)Nc2ccc(N3CCC(OC)CC3)c(C(F)(F)F)c2)C1. The lowest BCUT2D eigenvalue weighted by Crippen LogP contribution is -2.45. The molecule has 9 heteroatoms. The molecule has 184 valence electrons. The molecule has 2 atom stereocenters. The first kappa shape index (κ1) is 25.3. The van der Waals surface area contributed by atoms with Gasteiger partial charge in [0.15, 0.2) is 0 Å². The molecular formula is C24H34F3N3O3. The van der Waals surface area contributed by atoms with E-state index in [1.54, 1.807) is 16.9 Å². The number of alkyl halides is 3. The summed E-state index contributed by atoms with van der Waals surface area (Å²) < 4.78 is 46.9. The highest BCUT2D eigenvalue weighted by atomic mass is 19.4. The van der Waals surface area contributed by atoms with Gasteiger partial charge in [0.05, 0.1) is 17.6 Å². The van der Waals surface area contributed by atoms with Gasteiger partial charge in [-0.15, -0.1) is 0 Å². The molecule has 0 aliphatic carbocycles. The highest BCUT2D eigenvalue weighted by molar-refractivity contribution is 5.93. The lowest BCUT2D eigenvalue weighted by Gasteiger charge is -2.35. The van der Waals surface area contributed by atoms with Gasteiger partial charge in [-0.3, -0.25) is 9.59 Å². The number of nitrogens with one attached hydrogen (secondary N) is 1. The number of methoxy groups -OCH3 is 1. The Bertz CT molecular complexity index is 838. The van der Waals surface area contributed by atoms with Gasteiger partial charge in [-0.25, -0.2) is 0 Å². The molecule has 3 rings (SSSR count). The summed E-state index contributed by atoms with van der Waals surface area (Å²) in [5, 5.41) is 2.66. The van der Waals surface area contributed by atoms with Crippen LogP contribution in [-0.4, -0.2) is 56.1 Å². The molecule has 0 saturated carbocycles. The van der Waals surface area contributed by atoms with Crippen molar-refractivity contribution in [3.63, 3.8) is 0 Å². The maximum atomic E-state index is 13.9. The van der Waals surface area contributed by atoms with Crippen molar-refractivity contribution in [3.8, 4) is 0 Å². The number of hydrogen-bond donors (Lipinski definition) is 1. The quantitative estimate of drug-likeness (QED) is 0.664. The van der Waals surface area contributed by atoms with E-state index in [9.17, 15) is 22.8 Å². The number of hydrogen-bond acceptors (Lipinski definition) is 4. The van der Waals surface area contributed by atoms with Gasteiger partial charge in [-0.2, -0.15) is 13.2 Å². The second-order valence-electron chi connectivity index (χ2n) is 9.07. The number of nitrogens with zero attached hydrogens (tertiary/aromatic N) is 2. The van der Waals surface area contributed by atoms with Gasteiger partial charge in [-0.1, -0.05) is 13.8 Å². The zero-order valence-electron chi connectivity index (χ0n) is 19.6. The Labute approximate surface area is 193 Å². The van der Waals surface area contributed by atoms with Crippen LogP contribution in [-0.2, 0) is 20.5 Å². The number of halogens is 3. The first-order valence-electron chi connectivity index (χ1n) is 11.7. The van der Waals surface area contributed by atoms with Crippen LogP contribution in [0, 0.1) is 11.8 Å². The Morgan fingerprint density at radius 1 is 1.18 bits per heavy atom. The van der Waals surface area contributed by atoms with E-state index < -0.39 is 17.7 Å². The fourth-order valence-corrected chi connectivity index (χ4v) is 4.57. The lowest BCUT2D eigenvalue weighted by molar-refractivity contribution is -0.138. The molecule has 33 heavy (non-hydrogen) atoms. The van der Waals surface area contributed by atoms with E-state index in [-0.39, 0.29) is 35.2 Å². The number of anilines is 2. The predicted molar refractivity (Wildman–Crippen MR) is 121 cm³/mol. The number of rotatable bonds is 6. The minimum absolute atomic E-state index is 0.0240. The van der Waals surface area contributed by atoms with E-state index in [1.165, 1.54) is 12.1 Å². The predicted octanol–water partition coefficient (Wildman–Crippen LogP) is 4.54. The second kappa shape index (κ2) is 10.8. The zero-order chi connectivity index (χ0) is 24.2. The topological polar surface area (TPSA) is 61.9 Å². The highest BCUT2D eigenvalue weighted by Crippen LogP contribution is 2.39. The molecule has 1 aromatic rings. The standard InChI is InChI=1S/C24H34F3N3O3/c1-4-16(2)23(32)30-11-5-6-17(15-30)22(31)28-18-7-8-21(20(14-18)24(25,26)27)29-12-9-19(33-3)10-13-29/h7-8,14,16-17,19H,4-6,9-13,15H2,1-3H3,(H,28,31). The summed E-state index contributed by atoms with van der Waals surface area (Å²) in [6, 6.07) is 3.97. The summed E-state index contributed by atoms with van der Waals surface area (Å²) in [4.78, 5) is 28.8. The molecule has 0 bridgehead atoms. The number of carbonyl (C=O) groups excluding carboxylic acids is 2. The van der Waals surface area contributed by atoms with Gasteiger partial charge in [0.1, 0.15) is 0 Å². The van der Waals surface area contributed by atoms with Crippen molar-refractivity contribution in [1.29, 1.82) is 0 Å². The molecule has 6 nitrogen and oxygen atoms in total. The van der Waals surface area contributed by atoms with Gasteiger partial charge < -0.3 is 19.9 Å². The molecule has 1 N–H and O–H groups in total. The molecule has 2 aliphatic heterocycles. The number of benzene rings is 1. The fourth-order valence-electron chi connectivity index (χ4n) is 4.57. The van der Waals surface area contributed by atoms with E-state index >= 15 is 0 Å². The maximum absolute atomic E-state index is 13.9. The summed E-state index contributed by atoms with van der Waals surface area (Å²) in [5.74, 6) is -0.870. The summed E-state index contributed by atoms with van der Waals surface area (Å²) >= 11 is 0. The Morgan fingerprint density at radius 3 is 2.48 bits per heavy atom. The summed E-state index contributed by atoms with van der Waals surface area (Å²) in [6.45, 7) is 5.68. The van der Waals surface area contributed by atoms with Crippen molar-refractivity contribution >= 4 is 23.2 Å². The molecule has 2 unspecified atom stereocenters. The molecule has 2 saturated heterocycles. The van der Waals surface area contributed by atoms with Crippen LogP contribution in [0.5, 0.6) is 0 Å². The molecule has 1 aromatic carbocycles. The third-order valence-electron chi connectivity index (χ3n) is 6.82. The molecule has 2 amide bonds. The summed E-state index contributed by atoms with van der Waals surface area (Å²) in [7, 11) is 1.62. The molecular weight excluding hydrogens is 435 g/mol. The van der Waals surface area contributed by atoms with Crippen LogP contribution in [0.2, 0.25) is 0 Å². The van der Waals surface area contributed by atoms with E-state index in [0.717, 1.165) is 12.5 Å². The van der Waals surface area contributed by atoms with Gasteiger partial charge in [0, 0.05) is 50.6 Å². The smallest absolute Gasteiger partial charge is 0.381 e. The molecule has 0 spiro atoms. The Morgan fingerprint density at radius 2 is 1.88 bits per heavy atom. The van der Waals surface area contributed by atoms with Crippen LogP contribution in [0.4, 0.5) is 24.5 Å². The normalized spacial score (nSPS) is 21.1. The van der Waals surface area contributed by atoms with Crippen molar-refractivity contribution in [2.75, 3.05) is 43.5 Å². The third-order valence-corrected chi connectivity index (χ3v) is 6.82. The fraction of sp³-hybridized carbons (Fsp3) is 0.667. The highest BCUT2D eigenvalue weighted by Gasteiger charge is 2.36. The van der Waals surface area contributed by atoms with Gasteiger partial charge in [0.2, 0.25) is 11.8 Å². The van der Waals surface area contributed by atoms with Gasteiger partial charge in [-0.05, 0) is 50.3 Å². The van der Waals surface area contributed by atoms with Crippen molar-refractivity contribution in [2.45, 2.75) is 58.2 Å². The van der Waals surface area contributed by atoms with Crippen LogP contribution >= 0.6 is 0 Å². The molecule has 0 aromatic heterocycles. The largest absolute Gasteiger partial charge is 0.418 e. The van der Waals surface area contributed by atoms with E-state index in [1.807, 2.05) is 13.8 Å². The number of piperidine rings is 2. The van der Waals surface area contributed by atoms with Crippen molar-refractivity contribution < 1.29 is 27.5 Å². The molecule has 2 aliphatic rings. The van der Waals surface area contributed by atoms with E-state index in [2.05, 4.69) is 5.32 Å². The summed E-state index contributed by atoms with van der Waals surface area (Å²) in [6.07, 6.45) is -1.12. The molecule has 2 heterocycles. The maximum Gasteiger partial charge on any atom is 0.418 e. The molecule has 0 radical (unpaired) electrons. The average molecular weight is 470 g/mol. The second-order valence-corrected chi connectivity index (χ2v) is 9.07. The van der Waals surface area contributed by atoms with Crippen molar-refractivity contribution in [1.82, 2.24) is 4.90 Å². The monoisotopic (exact) mass is 469 g/mol. The van der Waals surface area contributed by atoms with Crippen LogP contribution in [0.15, 0.2) is 18.2 Å². The average Bonchev–Trinajstić information content (AvgIpc) is 2.82. The lowest BCUT2D eigenvalue weighted by atomic mass is 9.95. The number of ether oxygens (including phenoxy) is 1. The van der Waals surface area contributed by atoms with Crippen LogP contribution < -0.4 is 10.2 Å². The zero-order valence-corrected chi connectivity index (χ0v) is 19.6.